The highest BCUT2D eigenvalue weighted by atomic mass is 35.5. The molecule has 20 heavy (non-hydrogen) atoms. The normalized spacial score (nSPS) is 24.3. The number of fused-ring (bicyclic) bond motifs is 1. The summed E-state index contributed by atoms with van der Waals surface area (Å²) in [6, 6.07) is 6.77. The maximum absolute atomic E-state index is 6.18. The molecular weight excluding hydrogens is 288 g/mol. The highest BCUT2D eigenvalue weighted by molar-refractivity contribution is 7.99. The summed E-state index contributed by atoms with van der Waals surface area (Å²) in [7, 11) is 4.42. The molecule has 0 spiro atoms. The van der Waals surface area contributed by atoms with Gasteiger partial charge in [0.1, 0.15) is 0 Å². The molecule has 1 N–H and O–H groups in total. The predicted molar refractivity (Wildman–Crippen MR) is 87.8 cm³/mol. The van der Waals surface area contributed by atoms with Gasteiger partial charge in [0.2, 0.25) is 0 Å². The summed E-state index contributed by atoms with van der Waals surface area (Å²) in [5, 5.41) is 4.67. The minimum atomic E-state index is 0.378. The molecule has 110 valence electrons. The molecule has 0 bridgehead atoms. The number of hydrogen-bond acceptors (Lipinski definition) is 3. The third-order valence-corrected chi connectivity index (χ3v) is 6.28. The van der Waals surface area contributed by atoms with E-state index < -0.39 is 0 Å². The Labute approximate surface area is 131 Å². The van der Waals surface area contributed by atoms with Gasteiger partial charge in [-0.2, -0.15) is 0 Å². The topological polar surface area (TPSA) is 15.3 Å². The van der Waals surface area contributed by atoms with Crippen LogP contribution in [-0.2, 0) is 0 Å². The zero-order valence-corrected chi connectivity index (χ0v) is 13.9. The summed E-state index contributed by atoms with van der Waals surface area (Å²) >= 11 is 8.13. The van der Waals surface area contributed by atoms with Gasteiger partial charge in [-0.25, -0.2) is 0 Å². The van der Waals surface area contributed by atoms with Gasteiger partial charge < -0.3 is 10.2 Å². The monoisotopic (exact) mass is 310 g/mol. The molecule has 4 heteroatoms. The summed E-state index contributed by atoms with van der Waals surface area (Å²) < 4.78 is 0. The van der Waals surface area contributed by atoms with Crippen LogP contribution in [0.1, 0.15) is 37.3 Å². The van der Waals surface area contributed by atoms with Gasteiger partial charge in [-0.1, -0.05) is 11.6 Å². The van der Waals surface area contributed by atoms with Gasteiger partial charge in [0.15, 0.2) is 0 Å². The van der Waals surface area contributed by atoms with E-state index in [2.05, 4.69) is 36.4 Å². The average molecular weight is 311 g/mol. The third kappa shape index (κ3) is 2.74. The van der Waals surface area contributed by atoms with Crippen LogP contribution in [0.3, 0.4) is 0 Å². The molecule has 1 unspecified atom stereocenters. The average Bonchev–Trinajstić information content (AvgIpc) is 2.37. The number of rotatable bonds is 4. The van der Waals surface area contributed by atoms with Crippen molar-refractivity contribution in [1.82, 2.24) is 10.2 Å². The van der Waals surface area contributed by atoms with Crippen molar-refractivity contribution in [3.63, 3.8) is 0 Å². The Morgan fingerprint density at radius 2 is 2.20 bits per heavy atom. The van der Waals surface area contributed by atoms with Gasteiger partial charge >= 0.3 is 0 Å². The molecule has 0 aromatic heterocycles. The van der Waals surface area contributed by atoms with Crippen LogP contribution in [0.5, 0.6) is 0 Å². The summed E-state index contributed by atoms with van der Waals surface area (Å²) in [4.78, 5) is 3.80. The quantitative estimate of drug-likeness (QED) is 0.906. The van der Waals surface area contributed by atoms with Crippen LogP contribution in [0.15, 0.2) is 23.1 Å². The van der Waals surface area contributed by atoms with Crippen LogP contribution >= 0.6 is 23.4 Å². The molecule has 1 heterocycles. The lowest BCUT2D eigenvalue weighted by Crippen LogP contribution is -2.56. The van der Waals surface area contributed by atoms with E-state index in [1.54, 1.807) is 0 Å². The molecule has 1 aliphatic carbocycles. The van der Waals surface area contributed by atoms with Crippen LogP contribution < -0.4 is 5.32 Å². The molecule has 0 radical (unpaired) electrons. The molecule has 1 aliphatic heterocycles. The smallest absolute Gasteiger partial charge is 0.0410 e. The number of thioether (sulfide) groups is 1. The van der Waals surface area contributed by atoms with Gasteiger partial charge in [0.25, 0.3) is 0 Å². The van der Waals surface area contributed by atoms with Gasteiger partial charge in [0.05, 0.1) is 0 Å². The van der Waals surface area contributed by atoms with Gasteiger partial charge in [-0.05, 0) is 69.3 Å². The number of hydrogen-bond donors (Lipinski definition) is 1. The highest BCUT2D eigenvalue weighted by Gasteiger charge is 2.39. The number of likely N-dealkylation sites (N-methyl/N-ethyl adjacent to an activating group) is 1. The van der Waals surface area contributed by atoms with Crippen molar-refractivity contribution >= 4 is 23.4 Å². The van der Waals surface area contributed by atoms with Crippen LogP contribution in [-0.4, -0.2) is 36.8 Å². The van der Waals surface area contributed by atoms with Crippen molar-refractivity contribution in [2.75, 3.05) is 26.4 Å². The van der Waals surface area contributed by atoms with E-state index in [1.807, 2.05) is 17.8 Å². The van der Waals surface area contributed by atoms with Crippen molar-refractivity contribution in [2.24, 2.45) is 0 Å². The molecule has 2 nitrogen and oxygen atoms in total. The Kier molecular flexibility index (Phi) is 4.32. The fourth-order valence-electron chi connectivity index (χ4n) is 3.26. The Hall–Kier alpha value is -0.220. The molecule has 2 aliphatic rings. The largest absolute Gasteiger partial charge is 0.308 e. The first-order chi connectivity index (χ1) is 9.61. The lowest BCUT2D eigenvalue weighted by Gasteiger charge is -2.48. The molecule has 1 atom stereocenters. The van der Waals surface area contributed by atoms with Crippen LogP contribution in [0, 0.1) is 0 Å². The minimum absolute atomic E-state index is 0.378. The van der Waals surface area contributed by atoms with Gasteiger partial charge in [-0.15, -0.1) is 11.8 Å². The van der Waals surface area contributed by atoms with E-state index in [9.17, 15) is 0 Å². The van der Waals surface area contributed by atoms with Gasteiger partial charge in [0, 0.05) is 28.0 Å². The number of benzene rings is 1. The van der Waals surface area contributed by atoms with E-state index in [1.165, 1.54) is 41.9 Å². The third-order valence-electron chi connectivity index (χ3n) is 4.92. The summed E-state index contributed by atoms with van der Waals surface area (Å²) in [6.07, 6.45) is 5.19. The van der Waals surface area contributed by atoms with Crippen LogP contribution in [0.2, 0.25) is 5.02 Å². The van der Waals surface area contributed by atoms with E-state index in [0.717, 1.165) is 11.6 Å². The van der Waals surface area contributed by atoms with Crippen molar-refractivity contribution in [3.8, 4) is 0 Å². The summed E-state index contributed by atoms with van der Waals surface area (Å²) in [5.74, 6) is 1.20. The van der Waals surface area contributed by atoms with Crippen molar-refractivity contribution in [1.29, 1.82) is 0 Å². The van der Waals surface area contributed by atoms with Crippen molar-refractivity contribution in [2.45, 2.75) is 42.2 Å². The molecule has 0 amide bonds. The minimum Gasteiger partial charge on any atom is -0.308 e. The molecule has 0 saturated heterocycles. The molecule has 1 aromatic carbocycles. The lowest BCUT2D eigenvalue weighted by atomic mass is 9.75. The first kappa shape index (κ1) is 14.7. The zero-order valence-electron chi connectivity index (χ0n) is 12.3. The zero-order chi connectivity index (χ0) is 14.2. The van der Waals surface area contributed by atoms with E-state index in [-0.39, 0.29) is 0 Å². The molecule has 1 saturated carbocycles. The predicted octanol–water partition coefficient (Wildman–Crippen LogP) is 3.95. The maximum Gasteiger partial charge on any atom is 0.0410 e. The number of halogens is 1. The first-order valence-corrected chi connectivity index (χ1v) is 8.80. The second-order valence-electron chi connectivity index (χ2n) is 6.23. The Morgan fingerprint density at radius 1 is 1.40 bits per heavy atom. The Balaban J connectivity index is 1.72. The molecular formula is C16H23ClN2S. The summed E-state index contributed by atoms with van der Waals surface area (Å²) in [6.45, 7) is 1.08. The Morgan fingerprint density at radius 3 is 2.85 bits per heavy atom. The molecule has 3 rings (SSSR count). The van der Waals surface area contributed by atoms with Crippen molar-refractivity contribution in [3.05, 3.63) is 28.8 Å². The van der Waals surface area contributed by atoms with E-state index in [0.29, 0.717) is 11.6 Å². The van der Waals surface area contributed by atoms with Crippen LogP contribution in [0.25, 0.3) is 0 Å². The second kappa shape index (κ2) is 5.88. The first-order valence-electron chi connectivity index (χ1n) is 7.44. The second-order valence-corrected chi connectivity index (χ2v) is 7.80. The summed E-state index contributed by atoms with van der Waals surface area (Å²) in [5.41, 5.74) is 1.77. The number of nitrogens with zero attached hydrogens (tertiary/aromatic N) is 1. The highest BCUT2D eigenvalue weighted by Crippen LogP contribution is 2.40. The van der Waals surface area contributed by atoms with E-state index in [4.69, 9.17) is 11.6 Å². The standard InChI is InChI=1S/C16H23ClN2S/c1-19(2)16(7-3-8-16)11-18-14-6-9-20-15-5-4-12(17)10-13(14)15/h4-5,10,14,18H,3,6-9,11H2,1-2H3. The fourth-order valence-corrected chi connectivity index (χ4v) is 4.54. The molecule has 1 fully saturated rings. The van der Waals surface area contributed by atoms with Crippen molar-refractivity contribution < 1.29 is 0 Å². The fraction of sp³-hybridized carbons (Fsp3) is 0.625. The van der Waals surface area contributed by atoms with Gasteiger partial charge in [-0.3, -0.25) is 0 Å². The van der Waals surface area contributed by atoms with E-state index >= 15 is 0 Å². The SMILES string of the molecule is CN(C)C1(CNC2CCSc3ccc(Cl)cc32)CCC1. The molecule has 1 aromatic rings. The van der Waals surface area contributed by atoms with Crippen LogP contribution in [0.4, 0.5) is 0 Å². The lowest BCUT2D eigenvalue weighted by molar-refractivity contribution is 0.0568. The maximum atomic E-state index is 6.18. The Bertz CT molecular complexity index is 485. The number of nitrogens with one attached hydrogen (secondary N) is 1.